The summed E-state index contributed by atoms with van der Waals surface area (Å²) in [6, 6.07) is 1.23. The summed E-state index contributed by atoms with van der Waals surface area (Å²) in [6.07, 6.45) is 7.33. The zero-order valence-electron chi connectivity index (χ0n) is 14.9. The number of nitrogens with zero attached hydrogens (tertiary/aromatic N) is 5. The van der Waals surface area contributed by atoms with Gasteiger partial charge in [0, 0.05) is 31.5 Å². The molecule has 0 saturated carbocycles. The number of aromatic nitrogens is 4. The summed E-state index contributed by atoms with van der Waals surface area (Å²) < 4.78 is 15.7. The van der Waals surface area contributed by atoms with Gasteiger partial charge in [0.15, 0.2) is 11.5 Å². The number of aryl methyl sites for hydroxylation is 1. The van der Waals surface area contributed by atoms with Crippen LogP contribution in [0.4, 0.5) is 15.9 Å². The topological polar surface area (TPSA) is 101 Å². The highest BCUT2D eigenvalue weighted by molar-refractivity contribution is 6.02. The van der Waals surface area contributed by atoms with Gasteiger partial charge < -0.3 is 20.4 Å². The molecule has 8 nitrogen and oxygen atoms in total. The number of nitrogens with two attached hydrogens (primary N) is 1. The minimum atomic E-state index is -0.508. The predicted octanol–water partition coefficient (Wildman–Crippen LogP) is 1.61. The summed E-state index contributed by atoms with van der Waals surface area (Å²) in [5, 5.41) is 2.65. The molecule has 1 fully saturated rings. The van der Waals surface area contributed by atoms with Crippen LogP contribution in [-0.4, -0.2) is 44.9 Å². The van der Waals surface area contributed by atoms with Crippen LogP contribution in [0, 0.1) is 18.7 Å². The molecule has 140 valence electrons. The number of carbonyl (C=O) groups excluding carboxylic acids is 1. The zero-order valence-corrected chi connectivity index (χ0v) is 14.9. The van der Waals surface area contributed by atoms with E-state index in [4.69, 9.17) is 5.73 Å². The van der Waals surface area contributed by atoms with Gasteiger partial charge in [-0.05, 0) is 25.8 Å². The van der Waals surface area contributed by atoms with Gasteiger partial charge in [0.25, 0.3) is 5.91 Å². The molecular formula is C18H20FN7O. The maximum absolute atomic E-state index is 14.1. The van der Waals surface area contributed by atoms with Crippen LogP contribution in [-0.2, 0) is 0 Å². The summed E-state index contributed by atoms with van der Waals surface area (Å²) in [5.41, 5.74) is 7.10. The predicted molar refractivity (Wildman–Crippen MR) is 99.2 cm³/mol. The SMILES string of the molecule is Cc1cn2cc(NC(=O)c3cnc(N4CC[C@@H](CN)C4)cn3)cc(F)c2n1. The largest absolute Gasteiger partial charge is 0.355 e. The summed E-state index contributed by atoms with van der Waals surface area (Å²) in [6.45, 7) is 4.16. The van der Waals surface area contributed by atoms with Gasteiger partial charge in [0.2, 0.25) is 0 Å². The first kappa shape index (κ1) is 17.3. The first-order valence-electron chi connectivity index (χ1n) is 8.77. The molecule has 1 amide bonds. The molecule has 1 aliphatic heterocycles. The van der Waals surface area contributed by atoms with Crippen LogP contribution < -0.4 is 16.0 Å². The molecule has 3 aromatic rings. The smallest absolute Gasteiger partial charge is 0.275 e. The van der Waals surface area contributed by atoms with Crippen LogP contribution in [0.3, 0.4) is 0 Å². The Hall–Kier alpha value is -3.07. The van der Waals surface area contributed by atoms with Crippen LogP contribution in [0.5, 0.6) is 0 Å². The Labute approximate surface area is 155 Å². The standard InChI is InChI=1S/C18H20FN7O/c1-11-8-26-10-13(4-14(19)17(26)23-11)24-18(27)15-6-22-16(7-21-15)25-3-2-12(5-20)9-25/h4,6-8,10,12H,2-3,5,9,20H2,1H3,(H,24,27)/t12-/m0/s1. The van der Waals surface area contributed by atoms with Gasteiger partial charge in [-0.25, -0.2) is 19.3 Å². The number of pyridine rings is 1. The number of amides is 1. The van der Waals surface area contributed by atoms with E-state index in [0.717, 1.165) is 25.3 Å². The Kier molecular flexibility index (Phi) is 4.44. The normalized spacial score (nSPS) is 16.9. The van der Waals surface area contributed by atoms with Crippen molar-refractivity contribution in [2.24, 2.45) is 11.7 Å². The Morgan fingerprint density at radius 2 is 2.22 bits per heavy atom. The van der Waals surface area contributed by atoms with E-state index in [2.05, 4.69) is 25.2 Å². The summed E-state index contributed by atoms with van der Waals surface area (Å²) in [7, 11) is 0. The second-order valence-corrected chi connectivity index (χ2v) is 6.74. The van der Waals surface area contributed by atoms with E-state index in [9.17, 15) is 9.18 Å². The molecule has 3 N–H and O–H groups in total. The van der Waals surface area contributed by atoms with Gasteiger partial charge in [-0.15, -0.1) is 0 Å². The molecular weight excluding hydrogens is 349 g/mol. The van der Waals surface area contributed by atoms with Crippen molar-refractivity contribution in [1.82, 2.24) is 19.4 Å². The highest BCUT2D eigenvalue weighted by Crippen LogP contribution is 2.21. The Morgan fingerprint density at radius 1 is 1.37 bits per heavy atom. The number of anilines is 2. The number of hydrogen-bond acceptors (Lipinski definition) is 6. The molecule has 4 heterocycles. The number of hydrogen-bond donors (Lipinski definition) is 2. The number of carbonyl (C=O) groups is 1. The number of imidazole rings is 1. The van der Waals surface area contributed by atoms with Crippen LogP contribution in [0.25, 0.3) is 5.65 Å². The maximum Gasteiger partial charge on any atom is 0.275 e. The number of fused-ring (bicyclic) bond motifs is 1. The molecule has 0 unspecified atom stereocenters. The molecule has 1 atom stereocenters. The first-order chi connectivity index (χ1) is 13.0. The van der Waals surface area contributed by atoms with Gasteiger partial charge in [-0.3, -0.25) is 4.79 Å². The molecule has 1 aliphatic rings. The third kappa shape index (κ3) is 3.45. The quantitative estimate of drug-likeness (QED) is 0.724. The second-order valence-electron chi connectivity index (χ2n) is 6.74. The minimum Gasteiger partial charge on any atom is -0.355 e. The van der Waals surface area contributed by atoms with Crippen LogP contribution in [0.2, 0.25) is 0 Å². The van der Waals surface area contributed by atoms with Crippen LogP contribution >= 0.6 is 0 Å². The number of nitrogens with one attached hydrogen (secondary N) is 1. The third-order valence-electron chi connectivity index (χ3n) is 4.70. The third-order valence-corrected chi connectivity index (χ3v) is 4.70. The molecule has 0 bridgehead atoms. The van der Waals surface area contributed by atoms with Gasteiger partial charge in [0.05, 0.1) is 23.8 Å². The maximum atomic E-state index is 14.1. The Balaban J connectivity index is 1.48. The fourth-order valence-electron chi connectivity index (χ4n) is 3.28. The minimum absolute atomic E-state index is 0.163. The fraction of sp³-hybridized carbons (Fsp3) is 0.333. The van der Waals surface area contributed by atoms with Crippen molar-refractivity contribution in [3.05, 3.63) is 48.1 Å². The fourth-order valence-corrected chi connectivity index (χ4v) is 3.28. The Bertz CT molecular complexity index is 985. The summed E-state index contributed by atoms with van der Waals surface area (Å²) >= 11 is 0. The lowest BCUT2D eigenvalue weighted by molar-refractivity contribution is 0.102. The Morgan fingerprint density at radius 3 is 2.93 bits per heavy atom. The summed E-state index contributed by atoms with van der Waals surface area (Å²) in [4.78, 5) is 27.1. The monoisotopic (exact) mass is 369 g/mol. The molecule has 1 saturated heterocycles. The van der Waals surface area contributed by atoms with E-state index in [1.165, 1.54) is 16.7 Å². The van der Waals surface area contributed by atoms with Crippen molar-refractivity contribution in [3.8, 4) is 0 Å². The van der Waals surface area contributed by atoms with Crippen molar-refractivity contribution in [2.45, 2.75) is 13.3 Å². The lowest BCUT2D eigenvalue weighted by Crippen LogP contribution is -2.24. The molecule has 4 rings (SSSR count). The highest BCUT2D eigenvalue weighted by atomic mass is 19.1. The molecule has 9 heteroatoms. The van der Waals surface area contributed by atoms with E-state index in [1.807, 2.05) is 0 Å². The lowest BCUT2D eigenvalue weighted by atomic mass is 10.1. The van der Waals surface area contributed by atoms with Crippen LogP contribution in [0.15, 0.2) is 30.9 Å². The zero-order chi connectivity index (χ0) is 19.0. The van der Waals surface area contributed by atoms with Crippen molar-refractivity contribution >= 4 is 23.1 Å². The van der Waals surface area contributed by atoms with E-state index in [-0.39, 0.29) is 11.3 Å². The van der Waals surface area contributed by atoms with Crippen molar-refractivity contribution in [1.29, 1.82) is 0 Å². The second kappa shape index (κ2) is 6.92. The molecule has 0 radical (unpaired) electrons. The molecule has 27 heavy (non-hydrogen) atoms. The molecule has 0 spiro atoms. The van der Waals surface area contributed by atoms with Gasteiger partial charge in [-0.1, -0.05) is 0 Å². The van der Waals surface area contributed by atoms with Crippen molar-refractivity contribution in [3.63, 3.8) is 0 Å². The van der Waals surface area contributed by atoms with Crippen molar-refractivity contribution < 1.29 is 9.18 Å². The lowest BCUT2D eigenvalue weighted by Gasteiger charge is -2.16. The van der Waals surface area contributed by atoms with E-state index in [0.29, 0.717) is 23.8 Å². The van der Waals surface area contributed by atoms with Crippen LogP contribution in [0.1, 0.15) is 22.6 Å². The highest BCUT2D eigenvalue weighted by Gasteiger charge is 2.22. The molecule has 0 aliphatic carbocycles. The van der Waals surface area contributed by atoms with E-state index < -0.39 is 11.7 Å². The first-order valence-corrected chi connectivity index (χ1v) is 8.77. The van der Waals surface area contributed by atoms with Gasteiger partial charge >= 0.3 is 0 Å². The van der Waals surface area contributed by atoms with E-state index in [1.54, 1.807) is 25.5 Å². The molecule has 3 aromatic heterocycles. The average molecular weight is 369 g/mol. The van der Waals surface area contributed by atoms with E-state index >= 15 is 0 Å². The van der Waals surface area contributed by atoms with Crippen molar-refractivity contribution in [2.75, 3.05) is 29.9 Å². The average Bonchev–Trinajstić information content (AvgIpc) is 3.28. The molecule has 0 aromatic carbocycles. The number of rotatable bonds is 4. The van der Waals surface area contributed by atoms with Gasteiger partial charge in [0.1, 0.15) is 11.5 Å². The van der Waals surface area contributed by atoms with Gasteiger partial charge in [-0.2, -0.15) is 0 Å². The number of halogens is 1. The summed E-state index contributed by atoms with van der Waals surface area (Å²) in [5.74, 6) is 0.229.